The fourth-order valence-corrected chi connectivity index (χ4v) is 14.4. The number of aliphatic hydroxyl groups excluding tert-OH is 2. The molecule has 25 heteroatoms. The molecule has 14 rings (SSSR count). The Kier molecular flexibility index (Phi) is 30.3. The minimum atomic E-state index is -0.770. The molecule has 0 spiro atoms. The number of fused-ring (bicyclic) bond motifs is 12. The molecule has 0 saturated heterocycles. The molecule has 0 aliphatic carbocycles. The number of methoxy groups -OCH3 is 1. The first-order valence-electron chi connectivity index (χ1n) is 39.5. The van der Waals surface area contributed by atoms with Gasteiger partial charge >= 0.3 is 12.2 Å². The quantitative estimate of drug-likeness (QED) is 0.0403. The summed E-state index contributed by atoms with van der Waals surface area (Å²) in [4.78, 5) is 90.1. The molecule has 6 heterocycles. The number of phenolic OH excluding ortho intramolecular Hbond substituents is 1. The van der Waals surface area contributed by atoms with E-state index in [1.165, 1.54) is 17.6 Å². The predicted octanol–water partition coefficient (Wildman–Crippen LogP) is 17.0. The molecule has 8 aromatic rings. The maximum atomic E-state index is 14.1. The molecule has 6 aliphatic rings. The van der Waals surface area contributed by atoms with E-state index in [0.717, 1.165) is 58.6 Å². The van der Waals surface area contributed by atoms with Gasteiger partial charge in [-0.05, 0) is 185 Å². The second-order valence-electron chi connectivity index (χ2n) is 31.0. The monoisotopic (exact) mass is 1610 g/mol. The van der Waals surface area contributed by atoms with Crippen LogP contribution in [0.3, 0.4) is 0 Å². The third-order valence-corrected chi connectivity index (χ3v) is 19.9. The molecule has 626 valence electrons. The van der Waals surface area contributed by atoms with Crippen LogP contribution in [0.4, 0.5) is 55.1 Å². The number of benzene rings is 8. The van der Waals surface area contributed by atoms with Gasteiger partial charge in [-0.3, -0.25) is 53.9 Å². The highest BCUT2D eigenvalue weighted by Crippen LogP contribution is 2.44. The van der Waals surface area contributed by atoms with Gasteiger partial charge in [0.25, 0.3) is 17.7 Å². The summed E-state index contributed by atoms with van der Waals surface area (Å²) < 4.78 is 52.7. The number of anilines is 5. The third kappa shape index (κ3) is 21.5. The van der Waals surface area contributed by atoms with Crippen LogP contribution in [-0.2, 0) is 74.1 Å². The average Bonchev–Trinajstić information content (AvgIpc) is 1.47. The number of para-hydroxylation sites is 3. The molecule has 3 N–H and O–H groups in total. The Morgan fingerprint density at radius 2 is 0.805 bits per heavy atom. The van der Waals surface area contributed by atoms with E-state index >= 15 is 0 Å². The average molecular weight is 1610 g/mol. The number of carbonyl (C=O) groups is 5. The van der Waals surface area contributed by atoms with Gasteiger partial charge in [0.15, 0.2) is 11.5 Å². The van der Waals surface area contributed by atoms with E-state index < -0.39 is 23.4 Å². The number of ether oxygens (including phenoxy) is 9. The largest absolute Gasteiger partial charge is 0.508 e. The SMILES string of the molecule is C.C.CCCOCCOCCN(C(=O)OC(C)(C)C)c1cc(CO)cc(CO)c1.CCCOCCOCCN(C(=O)OC(C)(C)C)c1cc(COc2cc3c(cc2C)C(=O)N2c4ccccc4C[C@H]2C=N3)cc(COc2cc3c(cc2OC)C(=O)N2c4ccccc4C[C@H]2C=N3)c1.Cc1cc2c(cc1O)N=C[C@@H]1Cc3ccccc3N1C2=O. The summed E-state index contributed by atoms with van der Waals surface area (Å²) in [5.41, 5.74) is 12.9. The van der Waals surface area contributed by atoms with Crippen molar-refractivity contribution in [1.82, 2.24) is 0 Å². The maximum Gasteiger partial charge on any atom is 0.414 e. The number of rotatable bonds is 27. The summed E-state index contributed by atoms with van der Waals surface area (Å²) in [5.74, 6) is 1.18. The lowest BCUT2D eigenvalue weighted by atomic mass is 10.1. The molecule has 3 atom stereocenters. The van der Waals surface area contributed by atoms with Gasteiger partial charge in [-0.2, -0.15) is 0 Å². The smallest absolute Gasteiger partial charge is 0.414 e. The number of hydrogen-bond acceptors (Lipinski definition) is 20. The second kappa shape index (κ2) is 40.2. The molecule has 25 nitrogen and oxygen atoms in total. The lowest BCUT2D eigenvalue weighted by molar-refractivity contribution is 0.0444. The third-order valence-electron chi connectivity index (χ3n) is 19.9. The van der Waals surface area contributed by atoms with E-state index in [0.29, 0.717) is 144 Å². The Balaban J connectivity index is 0.000000238. The van der Waals surface area contributed by atoms with E-state index in [1.807, 2.05) is 156 Å². The van der Waals surface area contributed by atoms with Crippen LogP contribution in [0.2, 0.25) is 0 Å². The summed E-state index contributed by atoms with van der Waals surface area (Å²) in [7, 11) is 1.54. The highest BCUT2D eigenvalue weighted by molar-refractivity contribution is 6.17. The Morgan fingerprint density at radius 3 is 1.20 bits per heavy atom. The lowest BCUT2D eigenvalue weighted by Gasteiger charge is -2.28. The zero-order valence-electron chi connectivity index (χ0n) is 67.9. The van der Waals surface area contributed by atoms with Crippen molar-refractivity contribution in [2.45, 2.75) is 172 Å². The Hall–Kier alpha value is -11.3. The number of nitrogens with zero attached hydrogens (tertiary/aromatic N) is 8. The van der Waals surface area contributed by atoms with Gasteiger partial charge < -0.3 is 58.0 Å². The fraction of sp³-hybridized carbons (Fsp3) is 0.398. The van der Waals surface area contributed by atoms with Crippen LogP contribution in [0.15, 0.2) is 161 Å². The first-order valence-corrected chi connectivity index (χ1v) is 39.5. The summed E-state index contributed by atoms with van der Waals surface area (Å²) in [5, 5.41) is 28.7. The van der Waals surface area contributed by atoms with E-state index in [-0.39, 0.29) is 103 Å². The van der Waals surface area contributed by atoms with Gasteiger partial charge in [0, 0.05) is 97.8 Å². The van der Waals surface area contributed by atoms with Gasteiger partial charge in [-0.25, -0.2) is 9.59 Å². The molecular weight excluding hydrogens is 1500 g/mol. The Labute approximate surface area is 692 Å². The first-order chi connectivity index (χ1) is 55.8. The minimum Gasteiger partial charge on any atom is -0.508 e. The first kappa shape index (κ1) is 89.0. The predicted molar refractivity (Wildman–Crippen MR) is 462 cm³/mol. The standard InChI is InChI=1S/C54H57N5O9.C20H33NO6.C17H14N2O2.2CH4/c1-7-17-64-19-20-65-18-16-57(53(62)68-54(3,4)5)39-23-35(32-66-48-28-44-42(21-34(48)2)51(60)58-40(30-55-44)25-37-12-8-10-14-46(37)58)22-36(24-39)33-67-50-29-45-43(27-49(50)63-6)52(61)59-41(31-56-45)26-38-13-9-11-15-47(38)59;1-5-7-25-9-10-26-8-6-21(19(24)27-20(2,3)4)18-12-16(14-22)11-17(13-18)15-23;1-10-6-13-14(8-16(10)20)18-9-12-7-11-4-2-3-5-15(11)19(12)17(13)21;;/h8-15,21-24,27-31,40-41H,7,16-20,25-26,32-33H2,1-6H3;11-13,22-23H,5-10,14-15H2,1-4H3;2-6,8-9,12,20H,7H2,1H3;2*1H4/t40-,41-;;12-;;/m0.0../s1. The molecule has 0 fully saturated rings. The van der Waals surface area contributed by atoms with Crippen molar-refractivity contribution in [3.05, 3.63) is 212 Å². The van der Waals surface area contributed by atoms with Crippen LogP contribution in [-0.4, -0.2) is 166 Å². The zero-order chi connectivity index (χ0) is 82.4. The summed E-state index contributed by atoms with van der Waals surface area (Å²) in [6.07, 6.45) is 8.45. The molecule has 5 amide bonds. The van der Waals surface area contributed by atoms with Crippen molar-refractivity contribution in [1.29, 1.82) is 0 Å². The lowest BCUT2D eigenvalue weighted by Crippen LogP contribution is -2.39. The van der Waals surface area contributed by atoms with Crippen molar-refractivity contribution in [2.75, 3.05) is 97.6 Å². The number of aromatic hydroxyl groups is 1. The normalized spacial score (nSPS) is 15.5. The van der Waals surface area contributed by atoms with Crippen LogP contribution in [0.1, 0.15) is 164 Å². The van der Waals surface area contributed by atoms with Crippen LogP contribution in [0.5, 0.6) is 23.0 Å². The molecule has 0 unspecified atom stereocenters. The van der Waals surface area contributed by atoms with Gasteiger partial charge in [0.2, 0.25) is 0 Å². The Morgan fingerprint density at radius 1 is 0.449 bits per heavy atom. The highest BCUT2D eigenvalue weighted by atomic mass is 16.6. The van der Waals surface area contributed by atoms with Gasteiger partial charge in [0.05, 0.1) is 125 Å². The number of aliphatic imine (C=N–C) groups is 3. The number of amides is 5. The van der Waals surface area contributed by atoms with Crippen LogP contribution in [0.25, 0.3) is 0 Å². The molecule has 0 radical (unpaired) electrons. The molecule has 118 heavy (non-hydrogen) atoms. The van der Waals surface area contributed by atoms with Gasteiger partial charge in [-0.15, -0.1) is 0 Å². The van der Waals surface area contributed by atoms with Gasteiger partial charge in [-0.1, -0.05) is 89.4 Å². The summed E-state index contributed by atoms with van der Waals surface area (Å²) in [6.45, 7) is 22.6. The fourth-order valence-electron chi connectivity index (χ4n) is 14.4. The number of aliphatic hydroxyl groups is 2. The summed E-state index contributed by atoms with van der Waals surface area (Å²) >= 11 is 0. The highest BCUT2D eigenvalue weighted by Gasteiger charge is 2.40. The summed E-state index contributed by atoms with van der Waals surface area (Å²) in [6, 6.07) is 44.6. The van der Waals surface area contributed by atoms with E-state index in [4.69, 9.17) is 52.6 Å². The van der Waals surface area contributed by atoms with E-state index in [1.54, 1.807) is 91.1 Å². The molecule has 6 aliphatic heterocycles. The van der Waals surface area contributed by atoms with E-state index in [9.17, 15) is 39.3 Å². The molecule has 8 aromatic carbocycles. The maximum absolute atomic E-state index is 14.1. The minimum absolute atomic E-state index is 0. The molecule has 0 bridgehead atoms. The van der Waals surface area contributed by atoms with E-state index in [2.05, 4.69) is 11.1 Å². The molecular formula is C93H112N8O17. The topological polar surface area (TPSA) is 282 Å². The Bertz CT molecular complexity index is 4970. The number of aryl methyl sites for hydroxylation is 2. The van der Waals surface area contributed by atoms with Crippen LogP contribution < -0.4 is 38.7 Å². The molecule has 0 saturated carbocycles. The molecule has 0 aromatic heterocycles. The second-order valence-corrected chi connectivity index (χ2v) is 31.0. The van der Waals surface area contributed by atoms with Crippen LogP contribution >= 0.6 is 0 Å². The number of phenols is 1. The van der Waals surface area contributed by atoms with Crippen molar-refractivity contribution < 1.29 is 81.9 Å². The van der Waals surface area contributed by atoms with Crippen molar-refractivity contribution >= 4 is 94.1 Å². The van der Waals surface area contributed by atoms with Gasteiger partial charge in [0.1, 0.15) is 35.9 Å². The number of hydrogen-bond donors (Lipinski definition) is 3. The number of carbonyl (C=O) groups excluding carboxylic acids is 5. The van der Waals surface area contributed by atoms with Crippen molar-refractivity contribution in [2.24, 2.45) is 15.0 Å². The zero-order valence-corrected chi connectivity index (χ0v) is 67.9. The van der Waals surface area contributed by atoms with Crippen LogP contribution in [0, 0.1) is 13.8 Å². The van der Waals surface area contributed by atoms with Crippen molar-refractivity contribution in [3.8, 4) is 23.0 Å². The van der Waals surface area contributed by atoms with Crippen molar-refractivity contribution in [3.63, 3.8) is 0 Å².